The first-order valence-electron chi connectivity index (χ1n) is 3.28. The van der Waals surface area contributed by atoms with Crippen molar-refractivity contribution in [1.29, 1.82) is 5.26 Å². The van der Waals surface area contributed by atoms with Gasteiger partial charge < -0.3 is 4.74 Å². The van der Waals surface area contributed by atoms with Gasteiger partial charge in [-0.1, -0.05) is 6.07 Å². The lowest BCUT2D eigenvalue weighted by atomic mass is 10.3. The van der Waals surface area contributed by atoms with Gasteiger partial charge in [0, 0.05) is 12.0 Å². The number of rotatable bonds is 1. The van der Waals surface area contributed by atoms with E-state index in [0.717, 1.165) is 0 Å². The Labute approximate surface area is 70.6 Å². The summed E-state index contributed by atoms with van der Waals surface area (Å²) in [5.41, 5.74) is 0.538. The molecule has 3 heteroatoms. The van der Waals surface area contributed by atoms with Crippen LogP contribution in [0.15, 0.2) is 18.2 Å². The highest BCUT2D eigenvalue weighted by Gasteiger charge is 1.91. The van der Waals surface area contributed by atoms with Crippen LogP contribution in [0.25, 0.3) is 0 Å². The SMILES string of the molecule is COc1cccc(C#CC#N)n1. The molecule has 0 radical (unpaired) electrons. The van der Waals surface area contributed by atoms with Crippen molar-refractivity contribution < 1.29 is 4.74 Å². The molecule has 12 heavy (non-hydrogen) atoms. The van der Waals surface area contributed by atoms with Crippen molar-refractivity contribution in [2.45, 2.75) is 0 Å². The fourth-order valence-electron chi connectivity index (χ4n) is 0.690. The smallest absolute Gasteiger partial charge is 0.214 e. The highest BCUT2D eigenvalue weighted by molar-refractivity contribution is 5.34. The lowest BCUT2D eigenvalue weighted by molar-refractivity contribution is 0.397. The number of hydrogen-bond acceptors (Lipinski definition) is 3. The van der Waals surface area contributed by atoms with Crippen molar-refractivity contribution in [2.75, 3.05) is 7.11 Å². The number of pyridine rings is 1. The molecular formula is C9H6N2O. The van der Waals surface area contributed by atoms with Gasteiger partial charge in [0.05, 0.1) is 7.11 Å². The van der Waals surface area contributed by atoms with Crippen molar-refractivity contribution in [1.82, 2.24) is 4.98 Å². The summed E-state index contributed by atoms with van der Waals surface area (Å²) in [6, 6.07) is 6.92. The number of nitrogens with zero attached hydrogens (tertiary/aromatic N) is 2. The molecule has 0 atom stereocenters. The zero-order chi connectivity index (χ0) is 8.81. The maximum absolute atomic E-state index is 8.17. The summed E-state index contributed by atoms with van der Waals surface area (Å²) in [5, 5.41) is 8.17. The van der Waals surface area contributed by atoms with E-state index in [9.17, 15) is 0 Å². The molecule has 58 valence electrons. The van der Waals surface area contributed by atoms with E-state index in [1.54, 1.807) is 24.3 Å². The van der Waals surface area contributed by atoms with Crippen molar-refractivity contribution in [3.05, 3.63) is 23.9 Å². The summed E-state index contributed by atoms with van der Waals surface area (Å²) in [4.78, 5) is 3.98. The van der Waals surface area contributed by atoms with E-state index in [-0.39, 0.29) is 0 Å². The van der Waals surface area contributed by atoms with Crippen LogP contribution in [0, 0.1) is 23.2 Å². The molecule has 1 aromatic rings. The normalized spacial score (nSPS) is 7.67. The molecule has 0 saturated carbocycles. The van der Waals surface area contributed by atoms with Crippen molar-refractivity contribution in [3.63, 3.8) is 0 Å². The van der Waals surface area contributed by atoms with Gasteiger partial charge in [-0.05, 0) is 12.0 Å². The number of aromatic nitrogens is 1. The van der Waals surface area contributed by atoms with Crippen molar-refractivity contribution in [2.24, 2.45) is 0 Å². The molecule has 0 fully saturated rings. The third-order valence-corrected chi connectivity index (χ3v) is 1.18. The predicted molar refractivity (Wildman–Crippen MR) is 43.3 cm³/mol. The van der Waals surface area contributed by atoms with E-state index >= 15 is 0 Å². The first-order valence-corrected chi connectivity index (χ1v) is 3.28. The van der Waals surface area contributed by atoms with E-state index in [1.807, 2.05) is 0 Å². The molecule has 0 unspecified atom stereocenters. The highest BCUT2D eigenvalue weighted by atomic mass is 16.5. The summed E-state index contributed by atoms with van der Waals surface area (Å²) in [6.07, 6.45) is 0. The number of methoxy groups -OCH3 is 1. The molecule has 0 amide bonds. The van der Waals surface area contributed by atoms with Crippen LogP contribution in [-0.2, 0) is 0 Å². The molecule has 0 saturated heterocycles. The third kappa shape index (κ3) is 2.00. The van der Waals surface area contributed by atoms with E-state index < -0.39 is 0 Å². The minimum atomic E-state index is 0.500. The molecule has 0 aliphatic heterocycles. The van der Waals surface area contributed by atoms with Crippen LogP contribution in [-0.4, -0.2) is 12.1 Å². The van der Waals surface area contributed by atoms with Gasteiger partial charge in [-0.15, -0.1) is 0 Å². The van der Waals surface area contributed by atoms with Gasteiger partial charge in [0.2, 0.25) is 5.88 Å². The average molecular weight is 158 g/mol. The largest absolute Gasteiger partial charge is 0.481 e. The average Bonchev–Trinajstić information content (AvgIpc) is 2.15. The van der Waals surface area contributed by atoms with Crippen molar-refractivity contribution in [3.8, 4) is 23.8 Å². The van der Waals surface area contributed by atoms with Gasteiger partial charge >= 0.3 is 0 Å². The Morgan fingerprint density at radius 1 is 1.50 bits per heavy atom. The fraction of sp³-hybridized carbons (Fsp3) is 0.111. The van der Waals surface area contributed by atoms with Crippen molar-refractivity contribution >= 4 is 0 Å². The van der Waals surface area contributed by atoms with Gasteiger partial charge in [-0.3, -0.25) is 0 Å². The van der Waals surface area contributed by atoms with E-state index in [4.69, 9.17) is 10.00 Å². The van der Waals surface area contributed by atoms with Gasteiger partial charge in [0.25, 0.3) is 0 Å². The topological polar surface area (TPSA) is 45.9 Å². The summed E-state index contributed by atoms with van der Waals surface area (Å²) in [7, 11) is 1.53. The molecule has 3 nitrogen and oxygen atoms in total. The fourth-order valence-corrected chi connectivity index (χ4v) is 0.690. The third-order valence-electron chi connectivity index (χ3n) is 1.18. The maximum Gasteiger partial charge on any atom is 0.214 e. The van der Waals surface area contributed by atoms with Gasteiger partial charge in [0.15, 0.2) is 6.07 Å². The van der Waals surface area contributed by atoms with Crippen LogP contribution in [0.2, 0.25) is 0 Å². The molecule has 1 rings (SSSR count). The Kier molecular flexibility index (Phi) is 2.70. The Morgan fingerprint density at radius 3 is 3.00 bits per heavy atom. The zero-order valence-electron chi connectivity index (χ0n) is 6.53. The molecule has 0 aliphatic rings. The summed E-state index contributed by atoms with van der Waals surface area (Å²) < 4.78 is 4.87. The zero-order valence-corrected chi connectivity index (χ0v) is 6.53. The molecule has 0 aliphatic carbocycles. The van der Waals surface area contributed by atoms with Gasteiger partial charge in [0.1, 0.15) is 5.69 Å². The number of ether oxygens (including phenoxy) is 1. The second kappa shape index (κ2) is 4.00. The summed E-state index contributed by atoms with van der Waals surface area (Å²) in [5.74, 6) is 5.32. The Bertz CT molecular complexity index is 368. The lowest BCUT2D eigenvalue weighted by Gasteiger charge is -1.96. The number of hydrogen-bond donors (Lipinski definition) is 0. The van der Waals surface area contributed by atoms with Crippen LogP contribution in [0.1, 0.15) is 5.69 Å². The second-order valence-corrected chi connectivity index (χ2v) is 1.93. The Balaban J connectivity index is 2.96. The minimum absolute atomic E-state index is 0.500. The molecule has 0 N–H and O–H groups in total. The van der Waals surface area contributed by atoms with E-state index in [2.05, 4.69) is 16.8 Å². The predicted octanol–water partition coefficient (Wildman–Crippen LogP) is 0.965. The van der Waals surface area contributed by atoms with E-state index in [0.29, 0.717) is 11.6 Å². The lowest BCUT2D eigenvalue weighted by Crippen LogP contribution is -1.88. The first kappa shape index (κ1) is 8.10. The molecule has 1 heterocycles. The van der Waals surface area contributed by atoms with Crippen LogP contribution in [0.4, 0.5) is 0 Å². The first-order chi connectivity index (χ1) is 5.86. The van der Waals surface area contributed by atoms with Gasteiger partial charge in [-0.2, -0.15) is 5.26 Å². The van der Waals surface area contributed by atoms with Crippen LogP contribution in [0.3, 0.4) is 0 Å². The summed E-state index contributed by atoms with van der Waals surface area (Å²) in [6.45, 7) is 0. The standard InChI is InChI=1S/C9H6N2O/c1-12-9-6-2-4-8(11-9)5-3-7-10/h2,4,6H,1H3. The molecular weight excluding hydrogens is 152 g/mol. The Morgan fingerprint density at radius 2 is 2.33 bits per heavy atom. The Hall–Kier alpha value is -2.00. The molecule has 0 spiro atoms. The van der Waals surface area contributed by atoms with Crippen LogP contribution >= 0.6 is 0 Å². The molecule has 1 aromatic heterocycles. The maximum atomic E-state index is 8.17. The van der Waals surface area contributed by atoms with Crippen LogP contribution in [0.5, 0.6) is 5.88 Å². The molecule has 0 bridgehead atoms. The second-order valence-electron chi connectivity index (χ2n) is 1.93. The quantitative estimate of drug-likeness (QED) is 0.572. The number of nitriles is 1. The minimum Gasteiger partial charge on any atom is -0.481 e. The summed E-state index contributed by atoms with van der Waals surface area (Å²) >= 11 is 0. The van der Waals surface area contributed by atoms with E-state index in [1.165, 1.54) is 7.11 Å². The van der Waals surface area contributed by atoms with Gasteiger partial charge in [-0.25, -0.2) is 4.98 Å². The van der Waals surface area contributed by atoms with Crippen LogP contribution < -0.4 is 4.74 Å². The highest BCUT2D eigenvalue weighted by Crippen LogP contribution is 2.04. The molecule has 0 aromatic carbocycles. The monoisotopic (exact) mass is 158 g/mol.